The summed E-state index contributed by atoms with van der Waals surface area (Å²) < 4.78 is 0. The molecule has 0 radical (unpaired) electrons. The Labute approximate surface area is 183 Å². The Kier molecular flexibility index (Phi) is 6.85. The van der Waals surface area contributed by atoms with E-state index in [1.54, 1.807) is 5.57 Å². The third-order valence-electron chi connectivity index (χ3n) is 7.28. The van der Waals surface area contributed by atoms with Crippen LogP contribution in [0.1, 0.15) is 79.6 Å². The fraction of sp³-hybridized carbons (Fsp3) is 0.643. The smallest absolute Gasteiger partial charge is 0.0811 e. The van der Waals surface area contributed by atoms with E-state index >= 15 is 0 Å². The zero-order valence-corrected chi connectivity index (χ0v) is 19.6. The largest absolute Gasteiger partial charge is 0.393 e. The zero-order valence-electron chi connectivity index (χ0n) is 19.6. The van der Waals surface area contributed by atoms with Crippen molar-refractivity contribution in [2.45, 2.75) is 91.8 Å². The third-order valence-corrected chi connectivity index (χ3v) is 7.28. The Bertz CT molecular complexity index is 823. The summed E-state index contributed by atoms with van der Waals surface area (Å²) in [5.74, 6) is 7.88. The van der Waals surface area contributed by atoms with Crippen molar-refractivity contribution in [2.24, 2.45) is 22.7 Å². The van der Waals surface area contributed by atoms with Crippen LogP contribution in [0.4, 0.5) is 0 Å². The van der Waals surface area contributed by atoms with Crippen molar-refractivity contribution >= 4 is 0 Å². The van der Waals surface area contributed by atoms with Crippen molar-refractivity contribution in [3.63, 3.8) is 0 Å². The molecular weight excluding hydrogens is 368 g/mol. The Balaban J connectivity index is 1.76. The summed E-state index contributed by atoms with van der Waals surface area (Å²) in [4.78, 5) is 0. The predicted octanol–water partition coefficient (Wildman–Crippen LogP) is 6.12. The van der Waals surface area contributed by atoms with Crippen molar-refractivity contribution in [1.82, 2.24) is 0 Å². The Morgan fingerprint density at radius 1 is 1.30 bits per heavy atom. The van der Waals surface area contributed by atoms with E-state index in [2.05, 4.69) is 71.3 Å². The second-order valence-electron chi connectivity index (χ2n) is 10.9. The normalized spacial score (nSPS) is 35.6. The Morgan fingerprint density at radius 3 is 2.73 bits per heavy atom. The van der Waals surface area contributed by atoms with Crippen LogP contribution < -0.4 is 0 Å². The molecule has 2 nitrogen and oxygen atoms in total. The molecule has 0 aromatic carbocycles. The second kappa shape index (κ2) is 8.89. The first kappa shape index (κ1) is 23.1. The first-order valence-corrected chi connectivity index (χ1v) is 11.7. The molecule has 0 aromatic heterocycles. The fourth-order valence-corrected chi connectivity index (χ4v) is 5.66. The minimum Gasteiger partial charge on any atom is -0.393 e. The van der Waals surface area contributed by atoms with Crippen molar-refractivity contribution < 1.29 is 10.2 Å². The van der Waals surface area contributed by atoms with Gasteiger partial charge in [0.15, 0.2) is 0 Å². The molecule has 0 saturated heterocycles. The number of hydrogen-bond donors (Lipinski definition) is 2. The van der Waals surface area contributed by atoms with E-state index in [4.69, 9.17) is 0 Å². The van der Waals surface area contributed by atoms with Gasteiger partial charge in [-0.25, -0.2) is 0 Å². The fourth-order valence-electron chi connectivity index (χ4n) is 5.66. The molecule has 3 aliphatic carbocycles. The highest BCUT2D eigenvalue weighted by Gasteiger charge is 2.45. The number of aliphatic hydroxyl groups is 2. The lowest BCUT2D eigenvalue weighted by Crippen LogP contribution is -2.32. The van der Waals surface area contributed by atoms with E-state index in [1.165, 1.54) is 18.4 Å². The minimum absolute atomic E-state index is 0.0642. The van der Waals surface area contributed by atoms with Crippen LogP contribution in [0.3, 0.4) is 0 Å². The SMILES string of the molecule is C=C1/C(=C\C=C2/CCC[C@]3(C)C([C@H](C)CC#CC(C)(C)C)=CCC23)C[C@@H](O)C[C@@H]1O. The predicted molar refractivity (Wildman–Crippen MR) is 126 cm³/mol. The van der Waals surface area contributed by atoms with Crippen molar-refractivity contribution in [3.8, 4) is 11.8 Å². The lowest BCUT2D eigenvalue weighted by atomic mass is 9.62. The van der Waals surface area contributed by atoms with Crippen molar-refractivity contribution in [1.29, 1.82) is 0 Å². The van der Waals surface area contributed by atoms with Gasteiger partial charge in [-0.15, -0.1) is 5.92 Å². The van der Waals surface area contributed by atoms with Crippen LogP contribution >= 0.6 is 0 Å². The van der Waals surface area contributed by atoms with Crippen LogP contribution in [0.25, 0.3) is 0 Å². The quantitative estimate of drug-likeness (QED) is 0.436. The summed E-state index contributed by atoms with van der Waals surface area (Å²) in [6.07, 6.45) is 12.4. The average Bonchev–Trinajstić information content (AvgIpc) is 3.00. The molecule has 2 saturated carbocycles. The van der Waals surface area contributed by atoms with Crippen LogP contribution in [-0.4, -0.2) is 22.4 Å². The maximum atomic E-state index is 10.1. The number of fused-ring (bicyclic) bond motifs is 1. The van der Waals surface area contributed by atoms with Crippen LogP contribution in [0.15, 0.2) is 47.1 Å². The van der Waals surface area contributed by atoms with E-state index in [1.807, 2.05) is 0 Å². The van der Waals surface area contributed by atoms with Gasteiger partial charge >= 0.3 is 0 Å². The number of hydrogen-bond acceptors (Lipinski definition) is 2. The lowest BCUT2D eigenvalue weighted by molar-refractivity contribution is 0.0862. The van der Waals surface area contributed by atoms with Gasteiger partial charge in [0.25, 0.3) is 0 Å². The molecule has 0 bridgehead atoms. The van der Waals surface area contributed by atoms with Crippen LogP contribution in [0, 0.1) is 34.5 Å². The molecule has 0 heterocycles. The third kappa shape index (κ3) is 5.01. The maximum absolute atomic E-state index is 10.1. The summed E-state index contributed by atoms with van der Waals surface area (Å²) in [5.41, 5.74) is 5.17. The Morgan fingerprint density at radius 2 is 2.03 bits per heavy atom. The standard InChI is InChI=1S/C28H40O2/c1-19(9-7-15-27(3,4)5)24-13-14-25-21(10-8-16-28(24,25)6)11-12-22-17-23(29)18-26(30)20(22)2/h11-13,19,23,25-26,29-30H,2,8-10,14,16-18H2,1,3-6H3/b21-11+,22-12-/t19-,23-,25?,26+,28-/m1/s1. The number of allylic oxidation sites excluding steroid dienone is 5. The number of aliphatic hydroxyl groups excluding tert-OH is 2. The summed E-state index contributed by atoms with van der Waals surface area (Å²) >= 11 is 0. The minimum atomic E-state index is -0.621. The van der Waals surface area contributed by atoms with E-state index in [0.717, 1.165) is 30.4 Å². The van der Waals surface area contributed by atoms with Gasteiger partial charge in [-0.3, -0.25) is 0 Å². The monoisotopic (exact) mass is 408 g/mol. The summed E-state index contributed by atoms with van der Waals surface area (Å²) in [7, 11) is 0. The second-order valence-corrected chi connectivity index (χ2v) is 10.9. The highest BCUT2D eigenvalue weighted by Crippen LogP contribution is 2.56. The molecule has 3 aliphatic rings. The van der Waals surface area contributed by atoms with Gasteiger partial charge in [0.05, 0.1) is 12.2 Å². The molecular formula is C28H40O2. The number of rotatable bonds is 3. The van der Waals surface area contributed by atoms with Gasteiger partial charge in [0.1, 0.15) is 0 Å². The molecule has 0 aromatic rings. The van der Waals surface area contributed by atoms with E-state index in [0.29, 0.717) is 24.7 Å². The molecule has 30 heavy (non-hydrogen) atoms. The summed E-state index contributed by atoms with van der Waals surface area (Å²) in [6, 6.07) is 0. The molecule has 0 amide bonds. The molecule has 5 atom stereocenters. The Hall–Kier alpha value is -1.56. The first-order chi connectivity index (χ1) is 14.0. The zero-order chi connectivity index (χ0) is 22.1. The van der Waals surface area contributed by atoms with E-state index in [-0.39, 0.29) is 10.8 Å². The highest BCUT2D eigenvalue weighted by molar-refractivity contribution is 5.40. The van der Waals surface area contributed by atoms with Crippen molar-refractivity contribution in [2.75, 3.05) is 0 Å². The van der Waals surface area contributed by atoms with Gasteiger partial charge in [-0.1, -0.05) is 55.7 Å². The topological polar surface area (TPSA) is 40.5 Å². The summed E-state index contributed by atoms with van der Waals surface area (Å²) in [5, 5.41) is 20.2. The maximum Gasteiger partial charge on any atom is 0.0811 e. The molecule has 2 heteroatoms. The molecule has 164 valence electrons. The first-order valence-electron chi connectivity index (χ1n) is 11.7. The van der Waals surface area contributed by atoms with Gasteiger partial charge < -0.3 is 10.2 Å². The molecule has 0 aliphatic heterocycles. The van der Waals surface area contributed by atoms with Gasteiger partial charge in [0, 0.05) is 18.3 Å². The van der Waals surface area contributed by atoms with E-state index in [9.17, 15) is 10.2 Å². The molecule has 2 N–H and O–H groups in total. The highest BCUT2D eigenvalue weighted by atomic mass is 16.3. The van der Waals surface area contributed by atoms with Crippen molar-refractivity contribution in [3.05, 3.63) is 47.1 Å². The molecule has 0 spiro atoms. The van der Waals surface area contributed by atoms with Gasteiger partial charge in [-0.2, -0.15) is 0 Å². The van der Waals surface area contributed by atoms with Crippen LogP contribution in [-0.2, 0) is 0 Å². The average molecular weight is 409 g/mol. The summed E-state index contributed by atoms with van der Waals surface area (Å²) in [6.45, 7) is 15.4. The van der Waals surface area contributed by atoms with Crippen LogP contribution in [0.2, 0.25) is 0 Å². The van der Waals surface area contributed by atoms with Gasteiger partial charge in [0.2, 0.25) is 0 Å². The van der Waals surface area contributed by atoms with Gasteiger partial charge in [-0.05, 0) is 81.3 Å². The molecule has 1 unspecified atom stereocenters. The molecule has 2 fully saturated rings. The van der Waals surface area contributed by atoms with Crippen LogP contribution in [0.5, 0.6) is 0 Å². The lowest BCUT2D eigenvalue weighted by Gasteiger charge is -2.42. The molecule has 3 rings (SSSR count). The van der Waals surface area contributed by atoms with E-state index < -0.39 is 12.2 Å².